The Morgan fingerprint density at radius 3 is 1.29 bits per heavy atom. The summed E-state index contributed by atoms with van der Waals surface area (Å²) in [7, 11) is -7.06. The maximum atomic E-state index is 13.0. The highest BCUT2D eigenvalue weighted by atomic mass is 32.2. The van der Waals surface area contributed by atoms with Crippen molar-refractivity contribution in [3.63, 3.8) is 0 Å². The molecule has 0 rings (SSSR count). The van der Waals surface area contributed by atoms with Crippen LogP contribution in [0, 0.1) is 0 Å². The van der Waals surface area contributed by atoms with Crippen molar-refractivity contribution in [1.29, 1.82) is 0 Å². The molecule has 0 atom stereocenters. The number of alkyl halides is 9. The smallest absolute Gasteiger partial charge is 0.402 e. The summed E-state index contributed by atoms with van der Waals surface area (Å²) < 4.78 is 144. The summed E-state index contributed by atoms with van der Waals surface area (Å²) in [5.41, 5.74) is 0. The molecule has 0 N–H and O–H groups in total. The molecule has 0 aromatic carbocycles. The minimum absolute atomic E-state index is 0.624. The van der Waals surface area contributed by atoms with Crippen LogP contribution in [-0.2, 0) is 10.1 Å². The summed E-state index contributed by atoms with van der Waals surface area (Å²) in [5.74, 6) is -12.1. The van der Waals surface area contributed by atoms with Crippen molar-refractivity contribution < 1.29 is 57.0 Å². The monoisotopic (exact) mass is 499 g/mol. The molecule has 0 aromatic heterocycles. The van der Waals surface area contributed by atoms with Gasteiger partial charge in [-0.2, -0.15) is 39.5 Å². The molecule has 0 unspecified atom stereocenters. The number of hydrogen-bond acceptors (Lipinski definition) is 3. The fraction of sp³-hybridized carbons (Fsp3) is 1.00. The molecule has 0 aliphatic rings. The molecule has 31 heavy (non-hydrogen) atoms. The van der Waals surface area contributed by atoms with Gasteiger partial charge < -0.3 is 9.04 Å². The maximum Gasteiger partial charge on any atom is 0.402 e. The van der Waals surface area contributed by atoms with Crippen LogP contribution >= 0.6 is 0 Å². The third-order valence-electron chi connectivity index (χ3n) is 5.27. The lowest BCUT2D eigenvalue weighted by atomic mass is 10.0. The van der Waals surface area contributed by atoms with E-state index < -0.39 is 65.5 Å². The van der Waals surface area contributed by atoms with Gasteiger partial charge in [-0.15, -0.1) is 0 Å². The highest BCUT2D eigenvalue weighted by Gasteiger charge is 2.74. The van der Waals surface area contributed by atoms with Gasteiger partial charge in [0.25, 0.3) is 0 Å². The average Bonchev–Trinajstić information content (AvgIpc) is 2.62. The molecular weight excluding hydrogens is 469 g/mol. The van der Waals surface area contributed by atoms with Crippen LogP contribution in [0.3, 0.4) is 0 Å². The van der Waals surface area contributed by atoms with Crippen LogP contribution in [0.1, 0.15) is 59.8 Å². The maximum absolute atomic E-state index is 13.0. The van der Waals surface area contributed by atoms with Crippen molar-refractivity contribution in [3.8, 4) is 0 Å². The van der Waals surface area contributed by atoms with Gasteiger partial charge in [0, 0.05) is 12.8 Å². The lowest BCUT2D eigenvalue weighted by Gasteiger charge is -2.34. The van der Waals surface area contributed by atoms with Crippen LogP contribution in [0.2, 0.25) is 0 Å². The summed E-state index contributed by atoms with van der Waals surface area (Å²) in [5, 5.41) is -6.55. The van der Waals surface area contributed by atoms with Gasteiger partial charge in [0.1, 0.15) is 0 Å². The SMILES string of the molecule is CC[N+](CC)(CC)CC.O=S(=O)([O-])C(F)(F)C(F)(F)C(F)(F)CCCCCC(F)(F)F. The molecule has 0 fully saturated rings. The summed E-state index contributed by atoms with van der Waals surface area (Å²) in [4.78, 5) is 0. The highest BCUT2D eigenvalue weighted by Crippen LogP contribution is 2.50. The van der Waals surface area contributed by atoms with Crippen molar-refractivity contribution in [2.75, 3.05) is 26.2 Å². The Morgan fingerprint density at radius 1 is 0.677 bits per heavy atom. The molecule has 0 spiro atoms. The van der Waals surface area contributed by atoms with Crippen LogP contribution in [0.25, 0.3) is 0 Å². The Labute approximate surface area is 177 Å². The van der Waals surface area contributed by atoms with E-state index in [9.17, 15) is 52.5 Å². The van der Waals surface area contributed by atoms with E-state index >= 15 is 0 Å². The molecule has 0 radical (unpaired) electrons. The first kappa shape index (κ1) is 32.4. The lowest BCUT2D eigenvalue weighted by molar-refractivity contribution is -0.921. The van der Waals surface area contributed by atoms with E-state index in [1.807, 2.05) is 0 Å². The molecular formula is C17H30F9NO3S. The third-order valence-corrected chi connectivity index (χ3v) is 6.16. The number of hydrogen-bond donors (Lipinski definition) is 0. The van der Waals surface area contributed by atoms with Gasteiger partial charge in [0.2, 0.25) is 0 Å². The quantitative estimate of drug-likeness (QED) is 0.148. The molecule has 0 aliphatic carbocycles. The first-order valence-corrected chi connectivity index (χ1v) is 11.1. The predicted molar refractivity (Wildman–Crippen MR) is 96.1 cm³/mol. The van der Waals surface area contributed by atoms with Gasteiger partial charge in [-0.3, -0.25) is 0 Å². The van der Waals surface area contributed by atoms with E-state index in [0.717, 1.165) is 0 Å². The zero-order valence-corrected chi connectivity index (χ0v) is 18.7. The largest absolute Gasteiger partial charge is 0.743 e. The average molecular weight is 499 g/mol. The number of unbranched alkanes of at least 4 members (excludes halogenated alkanes) is 2. The second kappa shape index (κ2) is 11.9. The fourth-order valence-electron chi connectivity index (χ4n) is 2.72. The van der Waals surface area contributed by atoms with Crippen LogP contribution in [0.15, 0.2) is 0 Å². The Kier molecular flexibility index (Phi) is 12.5. The molecule has 0 heterocycles. The Bertz CT molecular complexity index is 601. The zero-order chi connectivity index (χ0) is 25.4. The van der Waals surface area contributed by atoms with Gasteiger partial charge >= 0.3 is 23.3 Å². The third kappa shape index (κ3) is 9.32. The van der Waals surface area contributed by atoms with Gasteiger partial charge in [-0.05, 0) is 40.5 Å². The van der Waals surface area contributed by atoms with Crippen molar-refractivity contribution >= 4 is 10.1 Å². The molecule has 0 saturated heterocycles. The molecule has 14 heteroatoms. The molecule has 4 nitrogen and oxygen atoms in total. The van der Waals surface area contributed by atoms with Crippen LogP contribution in [0.4, 0.5) is 39.5 Å². The minimum atomic E-state index is -7.06. The topological polar surface area (TPSA) is 57.2 Å². The molecule has 0 saturated carbocycles. The van der Waals surface area contributed by atoms with E-state index in [0.29, 0.717) is 0 Å². The lowest BCUT2D eigenvalue weighted by Crippen LogP contribution is -2.57. The second-order valence-electron chi connectivity index (χ2n) is 7.03. The van der Waals surface area contributed by atoms with Crippen molar-refractivity contribution in [1.82, 2.24) is 0 Å². The van der Waals surface area contributed by atoms with Crippen LogP contribution < -0.4 is 0 Å². The second-order valence-corrected chi connectivity index (χ2v) is 8.45. The predicted octanol–water partition coefficient (Wildman–Crippen LogP) is 5.79. The van der Waals surface area contributed by atoms with Gasteiger partial charge in [-0.1, -0.05) is 6.42 Å². The molecule has 0 aromatic rings. The minimum Gasteiger partial charge on any atom is -0.743 e. The summed E-state index contributed by atoms with van der Waals surface area (Å²) >= 11 is 0. The molecule has 0 amide bonds. The van der Waals surface area contributed by atoms with E-state index in [4.69, 9.17) is 0 Å². The van der Waals surface area contributed by atoms with E-state index in [1.54, 1.807) is 0 Å². The summed E-state index contributed by atoms with van der Waals surface area (Å²) in [6, 6.07) is 0. The van der Waals surface area contributed by atoms with Gasteiger partial charge in [-0.25, -0.2) is 8.42 Å². The molecule has 190 valence electrons. The van der Waals surface area contributed by atoms with Crippen molar-refractivity contribution in [2.45, 2.75) is 83.1 Å². The van der Waals surface area contributed by atoms with Gasteiger partial charge in [0.15, 0.2) is 10.1 Å². The van der Waals surface area contributed by atoms with E-state index in [-0.39, 0.29) is 0 Å². The van der Waals surface area contributed by atoms with Crippen molar-refractivity contribution in [2.24, 2.45) is 0 Å². The first-order valence-electron chi connectivity index (χ1n) is 9.71. The van der Waals surface area contributed by atoms with Crippen LogP contribution in [-0.4, -0.2) is 66.9 Å². The number of quaternary nitrogens is 1. The summed E-state index contributed by atoms with van der Waals surface area (Å²) in [6.07, 6.45) is -10.3. The Hall–Kier alpha value is -0.760. The highest BCUT2D eigenvalue weighted by molar-refractivity contribution is 7.86. The standard InChI is InChI=1S/C9H11F9O3S.C8H20N/c10-6(11,4-2-1-3-5-7(12,13)14)8(15,16)9(17,18)22(19,20)21;1-5-9(6-2,7-3)8-4/h1-5H2,(H,19,20,21);5-8H2,1-4H3/q;+1/p-1. The Morgan fingerprint density at radius 2 is 1.03 bits per heavy atom. The number of nitrogens with zero attached hydrogens (tertiary/aromatic N) is 1. The Balaban J connectivity index is 0. The number of rotatable bonds is 12. The molecule has 0 bridgehead atoms. The zero-order valence-electron chi connectivity index (χ0n) is 17.8. The van der Waals surface area contributed by atoms with E-state index in [1.165, 1.54) is 30.7 Å². The first-order chi connectivity index (χ1) is 13.7. The fourth-order valence-corrected chi connectivity index (χ4v) is 3.18. The van der Waals surface area contributed by atoms with Gasteiger partial charge in [0.05, 0.1) is 26.2 Å². The van der Waals surface area contributed by atoms with Crippen LogP contribution in [0.5, 0.6) is 0 Å². The normalized spacial score (nSPS) is 14.3. The van der Waals surface area contributed by atoms with Crippen molar-refractivity contribution in [3.05, 3.63) is 0 Å². The summed E-state index contributed by atoms with van der Waals surface area (Å²) in [6.45, 7) is 14.2. The van der Waals surface area contributed by atoms with E-state index in [2.05, 4.69) is 27.7 Å². The molecule has 0 aliphatic heterocycles. The number of halogens is 9.